The normalized spacial score (nSPS) is 16.3. The van der Waals surface area contributed by atoms with Gasteiger partial charge in [0.05, 0.1) is 0 Å². The van der Waals surface area contributed by atoms with Crippen LogP contribution in [0.5, 0.6) is 0 Å². The minimum absolute atomic E-state index is 0.101. The van der Waals surface area contributed by atoms with Crippen molar-refractivity contribution in [3.8, 4) is 0 Å². The van der Waals surface area contributed by atoms with Gasteiger partial charge in [0.1, 0.15) is 11.6 Å². The van der Waals surface area contributed by atoms with E-state index in [9.17, 15) is 8.78 Å². The lowest BCUT2D eigenvalue weighted by Gasteiger charge is -2.14. The van der Waals surface area contributed by atoms with Crippen LogP contribution < -0.4 is 5.73 Å². The molecule has 2 N–H and O–H groups in total. The molecule has 0 spiro atoms. The average Bonchev–Trinajstić information content (AvgIpc) is 2.17. The van der Waals surface area contributed by atoms with Gasteiger partial charge in [0.2, 0.25) is 0 Å². The molecule has 0 amide bonds. The van der Waals surface area contributed by atoms with E-state index < -0.39 is 11.6 Å². The maximum atomic E-state index is 13.5. The number of hydrogen-bond donors (Lipinski definition) is 1. The Bertz CT molecular complexity index is 387. The Kier molecular flexibility index (Phi) is 2.71. The summed E-state index contributed by atoms with van der Waals surface area (Å²) >= 11 is 0. The van der Waals surface area contributed by atoms with Gasteiger partial charge in [-0.2, -0.15) is 0 Å². The molecular formula is C12H13F2N. The summed E-state index contributed by atoms with van der Waals surface area (Å²) in [5.41, 5.74) is 6.36. The fourth-order valence-corrected chi connectivity index (χ4v) is 1.96. The highest BCUT2D eigenvalue weighted by molar-refractivity contribution is 5.68. The molecule has 1 nitrogen and oxygen atoms in total. The molecule has 3 heteroatoms. The Morgan fingerprint density at radius 1 is 1.07 bits per heavy atom. The molecule has 0 unspecified atom stereocenters. The lowest BCUT2D eigenvalue weighted by Crippen LogP contribution is -2.00. The van der Waals surface area contributed by atoms with Gasteiger partial charge in [0.15, 0.2) is 0 Å². The second-order valence-electron chi connectivity index (χ2n) is 3.83. The van der Waals surface area contributed by atoms with Crippen LogP contribution >= 0.6 is 0 Å². The molecule has 0 atom stereocenters. The smallest absolute Gasteiger partial charge is 0.135 e. The van der Waals surface area contributed by atoms with Gasteiger partial charge in [0, 0.05) is 11.3 Å². The van der Waals surface area contributed by atoms with E-state index >= 15 is 0 Å². The molecule has 1 aromatic carbocycles. The fraction of sp³-hybridized carbons (Fsp3) is 0.333. The average molecular weight is 209 g/mol. The number of benzene rings is 1. The van der Waals surface area contributed by atoms with Gasteiger partial charge in [-0.1, -0.05) is 6.08 Å². The first-order valence-electron chi connectivity index (χ1n) is 5.12. The van der Waals surface area contributed by atoms with Crippen LogP contribution in [0.3, 0.4) is 0 Å². The van der Waals surface area contributed by atoms with Gasteiger partial charge >= 0.3 is 0 Å². The van der Waals surface area contributed by atoms with Crippen molar-refractivity contribution in [3.63, 3.8) is 0 Å². The summed E-state index contributed by atoms with van der Waals surface area (Å²) in [7, 11) is 0. The summed E-state index contributed by atoms with van der Waals surface area (Å²) in [5, 5.41) is 0. The van der Waals surface area contributed by atoms with Crippen LogP contribution in [0.25, 0.3) is 5.57 Å². The molecule has 0 heterocycles. The van der Waals surface area contributed by atoms with Crippen LogP contribution in [0.15, 0.2) is 18.2 Å². The monoisotopic (exact) mass is 209 g/mol. The third kappa shape index (κ3) is 2.01. The molecule has 1 aliphatic rings. The largest absolute Gasteiger partial charge is 0.399 e. The van der Waals surface area contributed by atoms with E-state index in [0.717, 1.165) is 31.3 Å². The summed E-state index contributed by atoms with van der Waals surface area (Å²) in [6.45, 7) is 0. The Labute approximate surface area is 87.6 Å². The van der Waals surface area contributed by atoms with E-state index in [1.807, 2.05) is 6.08 Å². The number of halogens is 2. The zero-order valence-electron chi connectivity index (χ0n) is 8.39. The van der Waals surface area contributed by atoms with Crippen molar-refractivity contribution >= 4 is 11.3 Å². The standard InChI is InChI=1S/C12H13F2N/c13-10-6-9(15)7-11(14)12(10)8-4-2-1-3-5-8/h4,6-7H,1-3,5,15H2. The highest BCUT2D eigenvalue weighted by Gasteiger charge is 2.16. The molecule has 1 aromatic rings. The summed E-state index contributed by atoms with van der Waals surface area (Å²) in [5.74, 6) is -1.11. The van der Waals surface area contributed by atoms with Crippen molar-refractivity contribution in [2.24, 2.45) is 0 Å². The van der Waals surface area contributed by atoms with Crippen LogP contribution in [0.2, 0.25) is 0 Å². The Morgan fingerprint density at radius 2 is 1.73 bits per heavy atom. The quantitative estimate of drug-likeness (QED) is 0.704. The van der Waals surface area contributed by atoms with E-state index in [0.29, 0.717) is 0 Å². The third-order valence-electron chi connectivity index (χ3n) is 2.68. The maximum Gasteiger partial charge on any atom is 0.135 e. The predicted molar refractivity (Wildman–Crippen MR) is 57.2 cm³/mol. The molecule has 0 bridgehead atoms. The van der Waals surface area contributed by atoms with Crippen molar-refractivity contribution < 1.29 is 8.78 Å². The molecule has 1 aliphatic carbocycles. The summed E-state index contributed by atoms with van der Waals surface area (Å²) < 4.78 is 27.1. The predicted octanol–water partition coefficient (Wildman–Crippen LogP) is 3.50. The van der Waals surface area contributed by atoms with Crippen LogP contribution in [0.4, 0.5) is 14.5 Å². The molecule has 0 saturated heterocycles. The molecule has 0 radical (unpaired) electrons. The van der Waals surface area contributed by atoms with Crippen molar-refractivity contribution in [2.75, 3.05) is 5.73 Å². The summed E-state index contributed by atoms with van der Waals surface area (Å²) in [6.07, 6.45) is 5.66. The summed E-state index contributed by atoms with van der Waals surface area (Å²) in [6, 6.07) is 2.35. The van der Waals surface area contributed by atoms with Crippen molar-refractivity contribution in [3.05, 3.63) is 35.4 Å². The number of allylic oxidation sites excluding steroid dienone is 2. The van der Waals surface area contributed by atoms with Gasteiger partial charge in [0.25, 0.3) is 0 Å². The van der Waals surface area contributed by atoms with Gasteiger partial charge in [-0.3, -0.25) is 0 Å². The van der Waals surface area contributed by atoms with E-state index in [1.54, 1.807) is 0 Å². The molecule has 0 fully saturated rings. The Hall–Kier alpha value is -1.38. The SMILES string of the molecule is Nc1cc(F)c(C2=CCCCC2)c(F)c1. The van der Waals surface area contributed by atoms with Gasteiger partial charge < -0.3 is 5.73 Å². The topological polar surface area (TPSA) is 26.0 Å². The first-order valence-corrected chi connectivity index (χ1v) is 5.12. The second kappa shape index (κ2) is 4.01. The van der Waals surface area contributed by atoms with E-state index in [2.05, 4.69) is 0 Å². The Morgan fingerprint density at radius 3 is 2.27 bits per heavy atom. The van der Waals surface area contributed by atoms with Crippen LogP contribution in [-0.4, -0.2) is 0 Å². The first-order chi connectivity index (χ1) is 7.18. The highest BCUT2D eigenvalue weighted by atomic mass is 19.1. The Balaban J connectivity index is 2.47. The molecular weight excluding hydrogens is 196 g/mol. The minimum atomic E-state index is -0.555. The van der Waals surface area contributed by atoms with Crippen molar-refractivity contribution in [1.29, 1.82) is 0 Å². The number of nitrogen functional groups attached to an aromatic ring is 1. The third-order valence-corrected chi connectivity index (χ3v) is 2.68. The summed E-state index contributed by atoms with van der Waals surface area (Å²) in [4.78, 5) is 0. The number of nitrogens with two attached hydrogens (primary N) is 1. The zero-order valence-corrected chi connectivity index (χ0v) is 8.39. The number of hydrogen-bond acceptors (Lipinski definition) is 1. The van der Waals surface area contributed by atoms with Crippen LogP contribution in [0, 0.1) is 11.6 Å². The highest BCUT2D eigenvalue weighted by Crippen LogP contribution is 2.31. The van der Waals surface area contributed by atoms with Crippen LogP contribution in [0.1, 0.15) is 31.2 Å². The van der Waals surface area contributed by atoms with Gasteiger partial charge in [-0.15, -0.1) is 0 Å². The molecule has 80 valence electrons. The minimum Gasteiger partial charge on any atom is -0.399 e. The molecule has 0 aromatic heterocycles. The van der Waals surface area contributed by atoms with Crippen molar-refractivity contribution in [1.82, 2.24) is 0 Å². The first kappa shape index (κ1) is 10.1. The van der Waals surface area contributed by atoms with E-state index in [-0.39, 0.29) is 11.3 Å². The lowest BCUT2D eigenvalue weighted by molar-refractivity contribution is 0.574. The second-order valence-corrected chi connectivity index (χ2v) is 3.83. The van der Waals surface area contributed by atoms with Gasteiger partial charge in [-0.05, 0) is 43.4 Å². The zero-order chi connectivity index (χ0) is 10.8. The van der Waals surface area contributed by atoms with Gasteiger partial charge in [-0.25, -0.2) is 8.78 Å². The molecule has 15 heavy (non-hydrogen) atoms. The lowest BCUT2D eigenvalue weighted by atomic mass is 9.93. The molecule has 0 aliphatic heterocycles. The molecule has 0 saturated carbocycles. The van der Waals surface area contributed by atoms with E-state index in [4.69, 9.17) is 5.73 Å². The number of rotatable bonds is 1. The van der Waals surface area contributed by atoms with Crippen molar-refractivity contribution in [2.45, 2.75) is 25.7 Å². The van der Waals surface area contributed by atoms with Crippen LogP contribution in [-0.2, 0) is 0 Å². The van der Waals surface area contributed by atoms with E-state index in [1.165, 1.54) is 12.1 Å². The number of anilines is 1. The molecule has 2 rings (SSSR count). The maximum absolute atomic E-state index is 13.5. The fourth-order valence-electron chi connectivity index (χ4n) is 1.96.